The summed E-state index contributed by atoms with van der Waals surface area (Å²) in [5.74, 6) is -0.944. The molecule has 2 rings (SSSR count). The number of nitrogens with two attached hydrogens (primary N) is 1. The van der Waals surface area contributed by atoms with Crippen LogP contribution in [0.15, 0.2) is 42.5 Å². The molecule has 22 heavy (non-hydrogen) atoms. The van der Waals surface area contributed by atoms with Gasteiger partial charge in [-0.3, -0.25) is 0 Å². The van der Waals surface area contributed by atoms with Gasteiger partial charge in [0, 0.05) is 10.6 Å². The molecule has 0 fully saturated rings. The van der Waals surface area contributed by atoms with E-state index in [-0.39, 0.29) is 28.7 Å². The minimum atomic E-state index is -4.76. The van der Waals surface area contributed by atoms with Crippen LogP contribution in [0, 0.1) is 5.82 Å². The Morgan fingerprint density at radius 3 is 2.14 bits per heavy atom. The Bertz CT molecular complexity index is 632. The number of rotatable bonds is 3. The lowest BCUT2D eigenvalue weighted by Gasteiger charge is -2.15. The third-order valence-corrected chi connectivity index (χ3v) is 3.01. The molecule has 2 aromatic carbocycles. The molecular weight excluding hydrogens is 345 g/mol. The minimum absolute atomic E-state index is 0. The van der Waals surface area contributed by atoms with Gasteiger partial charge in [0.2, 0.25) is 0 Å². The van der Waals surface area contributed by atoms with Crippen molar-refractivity contribution in [3.63, 3.8) is 0 Å². The summed E-state index contributed by atoms with van der Waals surface area (Å²) < 4.78 is 53.6. The molecule has 2 nitrogen and oxygen atoms in total. The zero-order chi connectivity index (χ0) is 15.6. The maximum absolute atomic E-state index is 13.8. The molecule has 0 amide bonds. The molecule has 1 atom stereocenters. The first-order chi connectivity index (χ1) is 9.76. The van der Waals surface area contributed by atoms with Crippen LogP contribution in [0.2, 0.25) is 5.02 Å². The van der Waals surface area contributed by atoms with Crippen LogP contribution >= 0.6 is 24.0 Å². The lowest BCUT2D eigenvalue weighted by Crippen LogP contribution is -2.17. The molecule has 0 unspecified atom stereocenters. The van der Waals surface area contributed by atoms with E-state index >= 15 is 0 Å². The summed E-state index contributed by atoms with van der Waals surface area (Å²) in [5, 5.41) is 0.234. The monoisotopic (exact) mass is 355 g/mol. The second kappa shape index (κ2) is 7.17. The van der Waals surface area contributed by atoms with Gasteiger partial charge in [-0.1, -0.05) is 29.8 Å². The maximum Gasteiger partial charge on any atom is 0.573 e. The Hall–Kier alpha value is -1.50. The molecule has 0 aliphatic heterocycles. The van der Waals surface area contributed by atoms with Crippen LogP contribution < -0.4 is 10.5 Å². The van der Waals surface area contributed by atoms with Gasteiger partial charge in [-0.15, -0.1) is 25.6 Å². The summed E-state index contributed by atoms with van der Waals surface area (Å²) in [4.78, 5) is 0. The average Bonchev–Trinajstić information content (AvgIpc) is 2.37. The highest BCUT2D eigenvalue weighted by molar-refractivity contribution is 6.30. The van der Waals surface area contributed by atoms with E-state index in [2.05, 4.69) is 4.74 Å². The van der Waals surface area contributed by atoms with E-state index in [1.54, 1.807) is 0 Å². The van der Waals surface area contributed by atoms with Gasteiger partial charge in [0.25, 0.3) is 0 Å². The fraction of sp³-hybridized carbons (Fsp3) is 0.143. The van der Waals surface area contributed by atoms with Crippen LogP contribution in [0.4, 0.5) is 17.6 Å². The number of halogens is 6. The summed E-state index contributed by atoms with van der Waals surface area (Å²) in [5.41, 5.74) is 6.55. The summed E-state index contributed by atoms with van der Waals surface area (Å²) >= 11 is 5.65. The Kier molecular flexibility index (Phi) is 6.05. The Labute approximate surface area is 135 Å². The van der Waals surface area contributed by atoms with Crippen LogP contribution in [0.5, 0.6) is 5.75 Å². The Morgan fingerprint density at radius 2 is 1.64 bits per heavy atom. The number of hydrogen-bond donors (Lipinski definition) is 1. The third kappa shape index (κ3) is 4.76. The number of alkyl halides is 3. The smallest absolute Gasteiger partial charge is 0.406 e. The van der Waals surface area contributed by atoms with Crippen molar-refractivity contribution >= 4 is 24.0 Å². The number of ether oxygens (including phenoxy) is 1. The molecular formula is C14H11Cl2F4NO. The first kappa shape index (κ1) is 18.5. The van der Waals surface area contributed by atoms with Crippen LogP contribution in [0.25, 0.3) is 0 Å². The van der Waals surface area contributed by atoms with Gasteiger partial charge in [0.05, 0.1) is 6.04 Å². The van der Waals surface area contributed by atoms with Gasteiger partial charge in [0.1, 0.15) is 11.6 Å². The Morgan fingerprint density at radius 1 is 1.05 bits per heavy atom. The molecule has 0 radical (unpaired) electrons. The van der Waals surface area contributed by atoms with E-state index in [1.165, 1.54) is 24.3 Å². The van der Waals surface area contributed by atoms with Crippen molar-refractivity contribution in [2.45, 2.75) is 12.4 Å². The summed E-state index contributed by atoms with van der Waals surface area (Å²) in [6, 6.07) is 8.16. The quantitative estimate of drug-likeness (QED) is 0.799. The van der Waals surface area contributed by atoms with Crippen LogP contribution in [0.1, 0.15) is 17.2 Å². The second-order valence-electron chi connectivity index (χ2n) is 4.26. The van der Waals surface area contributed by atoms with Crippen molar-refractivity contribution in [3.8, 4) is 5.75 Å². The first-order valence-electron chi connectivity index (χ1n) is 5.82. The van der Waals surface area contributed by atoms with Crippen LogP contribution in [0.3, 0.4) is 0 Å². The molecule has 0 aliphatic carbocycles. The highest BCUT2D eigenvalue weighted by Gasteiger charge is 2.31. The van der Waals surface area contributed by atoms with E-state index in [9.17, 15) is 17.6 Å². The van der Waals surface area contributed by atoms with Crippen LogP contribution in [-0.4, -0.2) is 6.36 Å². The van der Waals surface area contributed by atoms with E-state index in [4.69, 9.17) is 17.3 Å². The van der Waals surface area contributed by atoms with E-state index in [0.29, 0.717) is 5.56 Å². The largest absolute Gasteiger partial charge is 0.573 e. The minimum Gasteiger partial charge on any atom is -0.406 e. The van der Waals surface area contributed by atoms with Gasteiger partial charge in [-0.05, 0) is 29.8 Å². The lowest BCUT2D eigenvalue weighted by molar-refractivity contribution is -0.274. The van der Waals surface area contributed by atoms with E-state index < -0.39 is 18.2 Å². The van der Waals surface area contributed by atoms with Crippen LogP contribution in [-0.2, 0) is 0 Å². The molecule has 8 heteroatoms. The molecule has 0 aromatic heterocycles. The van der Waals surface area contributed by atoms with Crippen molar-refractivity contribution in [1.29, 1.82) is 0 Å². The van der Waals surface area contributed by atoms with Gasteiger partial charge in [-0.25, -0.2) is 4.39 Å². The summed E-state index contributed by atoms with van der Waals surface area (Å²) in [6.07, 6.45) is -4.76. The molecule has 0 saturated heterocycles. The first-order valence-corrected chi connectivity index (χ1v) is 6.20. The Balaban J connectivity index is 0.00000242. The highest BCUT2D eigenvalue weighted by Crippen LogP contribution is 2.27. The molecule has 0 aliphatic rings. The van der Waals surface area contributed by atoms with Gasteiger partial charge in [0.15, 0.2) is 0 Å². The third-order valence-electron chi connectivity index (χ3n) is 2.77. The molecule has 0 saturated carbocycles. The van der Waals surface area contributed by atoms with Crippen molar-refractivity contribution in [2.75, 3.05) is 0 Å². The fourth-order valence-corrected chi connectivity index (χ4v) is 1.97. The van der Waals surface area contributed by atoms with E-state index in [0.717, 1.165) is 18.2 Å². The van der Waals surface area contributed by atoms with Crippen molar-refractivity contribution in [1.82, 2.24) is 0 Å². The van der Waals surface area contributed by atoms with Crippen molar-refractivity contribution in [3.05, 3.63) is 64.4 Å². The molecule has 120 valence electrons. The molecule has 0 spiro atoms. The lowest BCUT2D eigenvalue weighted by atomic mass is 9.99. The number of hydrogen-bond acceptors (Lipinski definition) is 2. The van der Waals surface area contributed by atoms with E-state index in [1.807, 2.05) is 0 Å². The van der Waals surface area contributed by atoms with Gasteiger partial charge in [-0.2, -0.15) is 0 Å². The van der Waals surface area contributed by atoms with Crippen molar-refractivity contribution < 1.29 is 22.3 Å². The zero-order valence-corrected chi connectivity index (χ0v) is 12.5. The maximum atomic E-state index is 13.8. The molecule has 0 heterocycles. The predicted molar refractivity (Wildman–Crippen MR) is 77.8 cm³/mol. The average molecular weight is 356 g/mol. The van der Waals surface area contributed by atoms with Gasteiger partial charge >= 0.3 is 6.36 Å². The normalized spacial score (nSPS) is 12.5. The zero-order valence-electron chi connectivity index (χ0n) is 10.9. The van der Waals surface area contributed by atoms with Crippen molar-refractivity contribution in [2.24, 2.45) is 5.73 Å². The number of benzene rings is 2. The SMILES string of the molecule is Cl.N[C@H](c1ccc(OC(F)(F)F)cc1)c1ccc(Cl)cc1F. The molecule has 0 bridgehead atoms. The highest BCUT2D eigenvalue weighted by atomic mass is 35.5. The standard InChI is InChI=1S/C14H10ClF4NO.ClH/c15-9-3-6-11(12(16)7-9)13(20)8-1-4-10(5-2-8)21-14(17,18)19;/h1-7,13H,20H2;1H/t13-;/m1./s1. The second-order valence-corrected chi connectivity index (χ2v) is 4.70. The fourth-order valence-electron chi connectivity index (χ4n) is 1.81. The summed E-state index contributed by atoms with van der Waals surface area (Å²) in [6.45, 7) is 0. The molecule has 2 N–H and O–H groups in total. The molecule has 2 aromatic rings. The summed E-state index contributed by atoms with van der Waals surface area (Å²) in [7, 11) is 0. The van der Waals surface area contributed by atoms with Gasteiger partial charge < -0.3 is 10.5 Å². The topological polar surface area (TPSA) is 35.2 Å². The predicted octanol–water partition coefficient (Wildman–Crippen LogP) is 4.85.